The average Bonchev–Trinajstić information content (AvgIpc) is 2.84. The third-order valence-electron chi connectivity index (χ3n) is 6.87. The van der Waals surface area contributed by atoms with E-state index in [4.69, 9.17) is 4.74 Å². The maximum atomic E-state index is 14.2. The van der Waals surface area contributed by atoms with Crippen LogP contribution >= 0.6 is 0 Å². The molecule has 1 saturated carbocycles. The molecule has 1 aliphatic rings. The molecule has 0 spiro atoms. The van der Waals surface area contributed by atoms with E-state index in [0.717, 1.165) is 36.8 Å². The molecule has 37 heavy (non-hydrogen) atoms. The van der Waals surface area contributed by atoms with E-state index in [1.165, 1.54) is 6.42 Å². The molecule has 3 atom stereocenters. The van der Waals surface area contributed by atoms with Crippen LogP contribution in [0, 0.1) is 5.92 Å². The zero-order valence-electron chi connectivity index (χ0n) is 23.8. The number of nitrogens with zero attached hydrogens (tertiary/aromatic N) is 1. The number of hydrogen-bond donors (Lipinski definition) is 2. The van der Waals surface area contributed by atoms with Gasteiger partial charge in [0.1, 0.15) is 17.7 Å². The van der Waals surface area contributed by atoms with Crippen molar-refractivity contribution in [2.24, 2.45) is 5.92 Å². The number of ether oxygens (including phenoxy) is 1. The van der Waals surface area contributed by atoms with Crippen LogP contribution in [0.3, 0.4) is 0 Å². The van der Waals surface area contributed by atoms with Crippen LogP contribution < -0.4 is 10.6 Å². The summed E-state index contributed by atoms with van der Waals surface area (Å²) < 4.78 is 5.45. The SMILES string of the molecule is C=Cc1cccc(C(C(=O)NC2CCCCC2)N(C(=O)C(NC(=O)OC(C)(C)C)C(C)C)C(C)CC)c1. The van der Waals surface area contributed by atoms with Gasteiger partial charge in [-0.25, -0.2) is 4.79 Å². The fourth-order valence-electron chi connectivity index (χ4n) is 4.73. The molecule has 1 aromatic rings. The van der Waals surface area contributed by atoms with E-state index < -0.39 is 23.8 Å². The van der Waals surface area contributed by atoms with Crippen molar-refractivity contribution in [3.63, 3.8) is 0 Å². The van der Waals surface area contributed by atoms with Gasteiger partial charge in [0.25, 0.3) is 0 Å². The number of carbonyl (C=O) groups excluding carboxylic acids is 3. The minimum absolute atomic E-state index is 0.0982. The molecule has 7 nitrogen and oxygen atoms in total. The highest BCUT2D eigenvalue weighted by Crippen LogP contribution is 2.29. The van der Waals surface area contributed by atoms with Gasteiger partial charge in [0.05, 0.1) is 0 Å². The Labute approximate surface area is 223 Å². The number of benzene rings is 1. The molecule has 0 saturated heterocycles. The van der Waals surface area contributed by atoms with Gasteiger partial charge in [-0.15, -0.1) is 0 Å². The second kappa shape index (κ2) is 13.6. The summed E-state index contributed by atoms with van der Waals surface area (Å²) in [5, 5.41) is 6.02. The molecule has 2 rings (SSSR count). The molecule has 2 N–H and O–H groups in total. The predicted molar refractivity (Wildman–Crippen MR) is 149 cm³/mol. The third kappa shape index (κ3) is 8.90. The lowest BCUT2D eigenvalue weighted by Crippen LogP contribution is -2.57. The van der Waals surface area contributed by atoms with Gasteiger partial charge in [-0.2, -0.15) is 0 Å². The summed E-state index contributed by atoms with van der Waals surface area (Å²) in [6.45, 7) is 16.9. The molecule has 1 aromatic carbocycles. The summed E-state index contributed by atoms with van der Waals surface area (Å²) in [7, 11) is 0. The molecule has 0 heterocycles. The molecule has 0 radical (unpaired) electrons. The maximum absolute atomic E-state index is 14.2. The standard InChI is InChI=1S/C30H47N3O4/c1-9-21(5)33(28(35)25(20(3)4)32-29(36)37-30(6,7)8)26(23-16-14-15-22(10-2)19-23)27(34)31-24-17-12-11-13-18-24/h10,14-16,19-21,24-26H,2,9,11-13,17-18H2,1,3-8H3,(H,31,34)(H,32,36). The minimum atomic E-state index is -0.851. The van der Waals surface area contributed by atoms with Crippen LogP contribution in [0.2, 0.25) is 0 Å². The Balaban J connectivity index is 2.51. The van der Waals surface area contributed by atoms with Crippen molar-refractivity contribution in [3.8, 4) is 0 Å². The highest BCUT2D eigenvalue weighted by molar-refractivity contribution is 5.92. The lowest BCUT2D eigenvalue weighted by Gasteiger charge is -2.40. The average molecular weight is 514 g/mol. The predicted octanol–water partition coefficient (Wildman–Crippen LogP) is 6.00. The lowest BCUT2D eigenvalue weighted by molar-refractivity contribution is -0.146. The molecule has 3 amide bonds. The summed E-state index contributed by atoms with van der Waals surface area (Å²) >= 11 is 0. The van der Waals surface area contributed by atoms with Crippen LogP contribution in [-0.4, -0.2) is 46.5 Å². The Bertz CT molecular complexity index is 931. The number of rotatable bonds is 10. The molecule has 0 bridgehead atoms. The number of hydrogen-bond acceptors (Lipinski definition) is 4. The maximum Gasteiger partial charge on any atom is 0.408 e. The Kier molecular flexibility index (Phi) is 11.2. The van der Waals surface area contributed by atoms with E-state index in [0.29, 0.717) is 6.42 Å². The molecule has 7 heteroatoms. The summed E-state index contributed by atoms with van der Waals surface area (Å²) in [5.74, 6) is -0.710. The van der Waals surface area contributed by atoms with Crippen LogP contribution in [0.4, 0.5) is 4.79 Å². The Morgan fingerprint density at radius 3 is 2.32 bits per heavy atom. The highest BCUT2D eigenvalue weighted by atomic mass is 16.6. The zero-order chi connectivity index (χ0) is 27.8. The number of amides is 3. The quantitative estimate of drug-likeness (QED) is 0.402. The number of alkyl carbamates (subject to hydrolysis) is 1. The third-order valence-corrected chi connectivity index (χ3v) is 6.87. The van der Waals surface area contributed by atoms with Crippen molar-refractivity contribution >= 4 is 24.0 Å². The largest absolute Gasteiger partial charge is 0.444 e. The van der Waals surface area contributed by atoms with E-state index in [-0.39, 0.29) is 29.8 Å². The molecule has 3 unspecified atom stereocenters. The Morgan fingerprint density at radius 2 is 1.78 bits per heavy atom. The molecular formula is C30H47N3O4. The summed E-state index contributed by atoms with van der Waals surface area (Å²) in [5.41, 5.74) is 0.898. The second-order valence-electron chi connectivity index (χ2n) is 11.5. The van der Waals surface area contributed by atoms with Crippen LogP contribution in [0.1, 0.15) is 104 Å². The van der Waals surface area contributed by atoms with Crippen molar-refractivity contribution < 1.29 is 19.1 Å². The van der Waals surface area contributed by atoms with Crippen molar-refractivity contribution in [2.45, 2.75) is 117 Å². The van der Waals surface area contributed by atoms with Gasteiger partial charge in [-0.05, 0) is 70.1 Å². The first-order valence-electron chi connectivity index (χ1n) is 13.7. The van der Waals surface area contributed by atoms with Gasteiger partial charge in [0.15, 0.2) is 0 Å². The van der Waals surface area contributed by atoms with Crippen LogP contribution in [0.25, 0.3) is 6.08 Å². The van der Waals surface area contributed by atoms with E-state index in [2.05, 4.69) is 17.2 Å². The van der Waals surface area contributed by atoms with Gasteiger partial charge in [0.2, 0.25) is 11.8 Å². The first kappa shape index (κ1) is 30.4. The van der Waals surface area contributed by atoms with Crippen molar-refractivity contribution in [2.75, 3.05) is 0 Å². The van der Waals surface area contributed by atoms with E-state index >= 15 is 0 Å². The fourth-order valence-corrected chi connectivity index (χ4v) is 4.73. The normalized spacial score (nSPS) is 16.9. The molecular weight excluding hydrogens is 466 g/mol. The smallest absolute Gasteiger partial charge is 0.408 e. The van der Waals surface area contributed by atoms with Crippen molar-refractivity contribution in [1.29, 1.82) is 0 Å². The fraction of sp³-hybridized carbons (Fsp3) is 0.633. The Hall–Kier alpha value is -2.83. The Morgan fingerprint density at radius 1 is 1.14 bits per heavy atom. The van der Waals surface area contributed by atoms with Crippen LogP contribution in [0.15, 0.2) is 30.8 Å². The number of nitrogens with one attached hydrogen (secondary N) is 2. The van der Waals surface area contributed by atoms with Crippen molar-refractivity contribution in [1.82, 2.24) is 15.5 Å². The molecule has 0 aliphatic heterocycles. The van der Waals surface area contributed by atoms with Gasteiger partial charge < -0.3 is 20.3 Å². The summed E-state index contributed by atoms with van der Waals surface area (Å²) in [6.07, 6.45) is 6.97. The van der Waals surface area contributed by atoms with E-state index in [9.17, 15) is 14.4 Å². The molecule has 1 fully saturated rings. The van der Waals surface area contributed by atoms with Gasteiger partial charge in [-0.1, -0.05) is 70.9 Å². The minimum Gasteiger partial charge on any atom is -0.444 e. The summed E-state index contributed by atoms with van der Waals surface area (Å²) in [4.78, 5) is 42.5. The highest BCUT2D eigenvalue weighted by Gasteiger charge is 2.40. The second-order valence-corrected chi connectivity index (χ2v) is 11.5. The lowest BCUT2D eigenvalue weighted by atomic mass is 9.93. The monoisotopic (exact) mass is 513 g/mol. The van der Waals surface area contributed by atoms with Gasteiger partial charge >= 0.3 is 6.09 Å². The van der Waals surface area contributed by atoms with Gasteiger partial charge in [-0.3, -0.25) is 9.59 Å². The molecule has 0 aromatic heterocycles. The van der Waals surface area contributed by atoms with E-state index in [1.54, 1.807) is 31.7 Å². The molecule has 206 valence electrons. The first-order valence-corrected chi connectivity index (χ1v) is 13.7. The van der Waals surface area contributed by atoms with Crippen molar-refractivity contribution in [3.05, 3.63) is 42.0 Å². The van der Waals surface area contributed by atoms with Crippen LogP contribution in [0.5, 0.6) is 0 Å². The first-order chi connectivity index (χ1) is 17.4. The summed E-state index contributed by atoms with van der Waals surface area (Å²) in [6, 6.07) is 5.75. The zero-order valence-corrected chi connectivity index (χ0v) is 23.8. The number of carbonyl (C=O) groups is 3. The van der Waals surface area contributed by atoms with Crippen LogP contribution in [-0.2, 0) is 14.3 Å². The molecule has 1 aliphatic carbocycles. The van der Waals surface area contributed by atoms with E-state index in [1.807, 2.05) is 52.0 Å². The topological polar surface area (TPSA) is 87.7 Å². The van der Waals surface area contributed by atoms with Gasteiger partial charge in [0, 0.05) is 12.1 Å².